The molecule has 1 aromatic heterocycles. The van der Waals surface area contributed by atoms with Crippen LogP contribution < -0.4 is 4.90 Å². The van der Waals surface area contributed by atoms with Crippen molar-refractivity contribution < 1.29 is 0 Å². The molecule has 0 saturated carbocycles. The van der Waals surface area contributed by atoms with E-state index in [1.807, 2.05) is 0 Å². The van der Waals surface area contributed by atoms with Gasteiger partial charge in [-0.3, -0.25) is 0 Å². The van der Waals surface area contributed by atoms with Crippen molar-refractivity contribution in [3.05, 3.63) is 229 Å². The average molecular weight is 703 g/mol. The molecule has 0 amide bonds. The number of nitrogens with zero attached hydrogens (tertiary/aromatic N) is 2. The molecule has 0 saturated heterocycles. The Kier molecular flexibility index (Phi) is 7.25. The quantitative estimate of drug-likeness (QED) is 0.167. The molecule has 11 rings (SSSR count). The molecule has 8 aromatic carbocycles. The fourth-order valence-electron chi connectivity index (χ4n) is 9.59. The smallest absolute Gasteiger partial charge is 0.0713 e. The normalized spacial score (nSPS) is 14.2. The molecule has 9 aromatic rings. The topological polar surface area (TPSA) is 8.17 Å². The van der Waals surface area contributed by atoms with E-state index < -0.39 is 5.41 Å². The third kappa shape index (κ3) is 4.74. The maximum absolute atomic E-state index is 2.49. The van der Waals surface area contributed by atoms with Crippen LogP contribution in [-0.2, 0) is 5.41 Å². The van der Waals surface area contributed by atoms with Gasteiger partial charge in [-0.05, 0) is 94.1 Å². The van der Waals surface area contributed by atoms with Gasteiger partial charge in [0.05, 0.1) is 22.1 Å². The third-order valence-electron chi connectivity index (χ3n) is 11.9. The summed E-state index contributed by atoms with van der Waals surface area (Å²) in [5.41, 5.74) is 14.5. The van der Waals surface area contributed by atoms with E-state index in [9.17, 15) is 0 Å². The summed E-state index contributed by atoms with van der Waals surface area (Å²) in [7, 11) is 0. The maximum Gasteiger partial charge on any atom is 0.0713 e. The zero-order chi connectivity index (χ0) is 36.3. The number of aromatic nitrogens is 1. The lowest BCUT2D eigenvalue weighted by Crippen LogP contribution is -2.28. The Morgan fingerprint density at radius 2 is 1.11 bits per heavy atom. The van der Waals surface area contributed by atoms with Crippen LogP contribution in [0.5, 0.6) is 0 Å². The summed E-state index contributed by atoms with van der Waals surface area (Å²) >= 11 is 0. The first-order valence-electron chi connectivity index (χ1n) is 19.3. The van der Waals surface area contributed by atoms with Crippen molar-refractivity contribution in [3.63, 3.8) is 0 Å². The van der Waals surface area contributed by atoms with Gasteiger partial charge in [0, 0.05) is 33.2 Å². The zero-order valence-electron chi connectivity index (χ0n) is 30.4. The lowest BCUT2D eigenvalue weighted by molar-refractivity contribution is 0.768. The summed E-state index contributed by atoms with van der Waals surface area (Å²) < 4.78 is 2.49. The second-order valence-electron chi connectivity index (χ2n) is 14.8. The summed E-state index contributed by atoms with van der Waals surface area (Å²) in [5.74, 6) is 0. The van der Waals surface area contributed by atoms with Crippen LogP contribution in [0.3, 0.4) is 0 Å². The van der Waals surface area contributed by atoms with Gasteiger partial charge in [0.15, 0.2) is 0 Å². The molecule has 2 nitrogen and oxygen atoms in total. The van der Waals surface area contributed by atoms with Crippen molar-refractivity contribution in [2.45, 2.75) is 18.3 Å². The second-order valence-corrected chi connectivity index (χ2v) is 14.8. The van der Waals surface area contributed by atoms with Gasteiger partial charge in [-0.1, -0.05) is 164 Å². The largest absolute Gasteiger partial charge is 0.313 e. The van der Waals surface area contributed by atoms with Gasteiger partial charge in [-0.25, -0.2) is 0 Å². The van der Waals surface area contributed by atoms with Crippen molar-refractivity contribution in [2.24, 2.45) is 0 Å². The number of para-hydroxylation sites is 1. The Hall–Kier alpha value is -6.90. The Bertz CT molecular complexity index is 2940. The highest BCUT2D eigenvalue weighted by Gasteiger charge is 2.46. The Morgan fingerprint density at radius 3 is 1.91 bits per heavy atom. The van der Waals surface area contributed by atoms with Crippen LogP contribution in [0.1, 0.15) is 35.1 Å². The average Bonchev–Trinajstić information content (AvgIpc) is 3.75. The van der Waals surface area contributed by atoms with Crippen LogP contribution in [0.25, 0.3) is 49.4 Å². The van der Waals surface area contributed by atoms with Crippen molar-refractivity contribution in [1.82, 2.24) is 4.57 Å². The fourth-order valence-corrected chi connectivity index (χ4v) is 9.59. The molecular weight excluding hydrogens is 665 g/mol. The van der Waals surface area contributed by atoms with Crippen LogP contribution >= 0.6 is 0 Å². The minimum absolute atomic E-state index is 0.445. The first-order chi connectivity index (χ1) is 27.3. The predicted octanol–water partition coefficient (Wildman–Crippen LogP) is 14.0. The number of hydrogen-bond acceptors (Lipinski definition) is 1. The lowest BCUT2D eigenvalue weighted by atomic mass is 9.68. The molecular formula is C53H38N2. The molecule has 2 aliphatic carbocycles. The number of hydrogen-bond donors (Lipinski definition) is 0. The Balaban J connectivity index is 1.19. The maximum atomic E-state index is 2.49. The van der Waals surface area contributed by atoms with Crippen molar-refractivity contribution in [1.29, 1.82) is 0 Å². The monoisotopic (exact) mass is 702 g/mol. The Morgan fingerprint density at radius 1 is 0.473 bits per heavy atom. The number of fused-ring (bicyclic) bond motifs is 7. The van der Waals surface area contributed by atoms with E-state index in [2.05, 4.69) is 216 Å². The molecule has 0 aliphatic heterocycles. The van der Waals surface area contributed by atoms with E-state index in [0.29, 0.717) is 0 Å². The van der Waals surface area contributed by atoms with E-state index in [1.54, 1.807) is 0 Å². The van der Waals surface area contributed by atoms with Crippen LogP contribution in [-0.4, -0.2) is 4.57 Å². The van der Waals surface area contributed by atoms with Crippen molar-refractivity contribution in [3.8, 4) is 11.1 Å². The summed E-state index contributed by atoms with van der Waals surface area (Å²) in [4.78, 5) is 2.48. The SMILES string of the molecule is C1=CCCC(n2c3ccccc3c3ccc(N(c4ccc5c(c4)-c4ccccc4C5(c4ccccc4)c4ccccc4)c4cccc5ccccc45)cc32)=C1. The first-order valence-corrected chi connectivity index (χ1v) is 19.3. The van der Waals surface area contributed by atoms with Crippen LogP contribution in [0.2, 0.25) is 0 Å². The zero-order valence-corrected chi connectivity index (χ0v) is 30.4. The minimum atomic E-state index is -0.445. The molecule has 0 atom stereocenters. The highest BCUT2D eigenvalue weighted by Crippen LogP contribution is 2.57. The van der Waals surface area contributed by atoms with Crippen molar-refractivity contribution in [2.75, 3.05) is 4.90 Å². The number of benzene rings is 8. The molecule has 1 heterocycles. The standard InChI is InChI=1S/C53H38N2/c1-4-19-38(20-5-1)53(39-21-6-2-7-22-39)48-28-14-12-26-44(48)47-35-41(32-34-49(47)53)54(50-30-16-18-37-17-10-11-25-43(37)50)42-31-33-46-45-27-13-15-29-51(45)55(52(46)36-42)40-23-8-3-9-24-40/h1-8,10-23,25-36H,9,24H2. The molecule has 0 radical (unpaired) electrons. The Labute approximate surface area is 321 Å². The molecule has 55 heavy (non-hydrogen) atoms. The summed E-state index contributed by atoms with van der Waals surface area (Å²) in [6, 6.07) is 69.7. The number of rotatable bonds is 6. The van der Waals surface area contributed by atoms with Crippen LogP contribution in [0, 0.1) is 0 Å². The highest BCUT2D eigenvalue weighted by molar-refractivity contribution is 6.11. The molecule has 0 fully saturated rings. The van der Waals surface area contributed by atoms with E-state index in [0.717, 1.165) is 29.9 Å². The fraction of sp³-hybridized carbons (Fsp3) is 0.0566. The van der Waals surface area contributed by atoms with Crippen LogP contribution in [0.15, 0.2) is 206 Å². The summed E-state index contributed by atoms with van der Waals surface area (Å²) in [6.07, 6.45) is 8.82. The van der Waals surface area contributed by atoms with Gasteiger partial charge in [-0.15, -0.1) is 0 Å². The van der Waals surface area contributed by atoms with Gasteiger partial charge in [-0.2, -0.15) is 0 Å². The molecule has 260 valence electrons. The van der Waals surface area contributed by atoms with Crippen molar-refractivity contribution >= 4 is 55.3 Å². The molecule has 0 bridgehead atoms. The van der Waals surface area contributed by atoms with Gasteiger partial charge < -0.3 is 9.47 Å². The number of anilines is 3. The van der Waals surface area contributed by atoms with Gasteiger partial charge in [0.25, 0.3) is 0 Å². The first kappa shape index (κ1) is 31.6. The molecule has 0 spiro atoms. The summed E-state index contributed by atoms with van der Waals surface area (Å²) in [6.45, 7) is 0. The predicted molar refractivity (Wildman–Crippen MR) is 232 cm³/mol. The second kappa shape index (κ2) is 12.6. The molecule has 0 unspecified atom stereocenters. The highest BCUT2D eigenvalue weighted by atomic mass is 15.1. The molecule has 2 aliphatic rings. The van der Waals surface area contributed by atoms with E-state index >= 15 is 0 Å². The van der Waals surface area contributed by atoms with Crippen LogP contribution in [0.4, 0.5) is 17.1 Å². The van der Waals surface area contributed by atoms with E-state index in [-0.39, 0.29) is 0 Å². The van der Waals surface area contributed by atoms with E-state index in [1.165, 1.54) is 71.7 Å². The summed E-state index contributed by atoms with van der Waals surface area (Å²) in [5, 5.41) is 4.99. The minimum Gasteiger partial charge on any atom is -0.313 e. The molecule has 2 heteroatoms. The molecule has 0 N–H and O–H groups in total. The van der Waals surface area contributed by atoms with Gasteiger partial charge in [0.2, 0.25) is 0 Å². The third-order valence-corrected chi connectivity index (χ3v) is 11.9. The van der Waals surface area contributed by atoms with E-state index in [4.69, 9.17) is 0 Å². The van der Waals surface area contributed by atoms with Gasteiger partial charge >= 0.3 is 0 Å². The number of allylic oxidation sites excluding steroid dienone is 4. The van der Waals surface area contributed by atoms with Gasteiger partial charge in [0.1, 0.15) is 0 Å². The lowest BCUT2D eigenvalue weighted by Gasteiger charge is -2.34.